The van der Waals surface area contributed by atoms with Gasteiger partial charge in [-0.15, -0.1) is 15.3 Å². The van der Waals surface area contributed by atoms with Crippen molar-refractivity contribution in [1.82, 2.24) is 19.8 Å². The molecule has 1 aromatic carbocycles. The highest BCUT2D eigenvalue weighted by Crippen LogP contribution is 2.38. The zero-order valence-electron chi connectivity index (χ0n) is 15.0. The molecule has 28 heavy (non-hydrogen) atoms. The van der Waals surface area contributed by atoms with Crippen molar-refractivity contribution < 1.29 is 4.42 Å². The summed E-state index contributed by atoms with van der Waals surface area (Å²) in [7, 11) is 0. The number of hydrogen-bond acceptors (Lipinski definition) is 6. The van der Waals surface area contributed by atoms with Crippen molar-refractivity contribution in [2.75, 3.05) is 0 Å². The van der Waals surface area contributed by atoms with Crippen LogP contribution in [-0.2, 0) is 5.41 Å². The predicted molar refractivity (Wildman–Crippen MR) is 112 cm³/mol. The minimum absolute atomic E-state index is 0.292. The van der Waals surface area contributed by atoms with Crippen molar-refractivity contribution in [2.45, 2.75) is 26.2 Å². The Hall–Kier alpha value is -1.93. The summed E-state index contributed by atoms with van der Waals surface area (Å²) >= 11 is 19.5. The molecule has 0 aliphatic carbocycles. The molecule has 0 unspecified atom stereocenters. The number of fused-ring (bicyclic) bond motifs is 1. The van der Waals surface area contributed by atoms with E-state index in [9.17, 15) is 4.79 Å². The highest BCUT2D eigenvalue weighted by molar-refractivity contribution is 7.19. The minimum Gasteiger partial charge on any atom is -0.453 e. The van der Waals surface area contributed by atoms with Crippen LogP contribution in [0.3, 0.4) is 0 Å². The highest BCUT2D eigenvalue weighted by Gasteiger charge is 2.24. The van der Waals surface area contributed by atoms with E-state index < -0.39 is 5.41 Å². The molecule has 4 aromatic rings. The molecule has 4 rings (SSSR count). The lowest BCUT2D eigenvalue weighted by Gasteiger charge is -2.14. The van der Waals surface area contributed by atoms with Gasteiger partial charge >= 0.3 is 0 Å². The monoisotopic (exact) mass is 454 g/mol. The predicted octanol–water partition coefficient (Wildman–Crippen LogP) is 5.73. The molecule has 0 saturated heterocycles. The van der Waals surface area contributed by atoms with Gasteiger partial charge in [0, 0.05) is 11.0 Å². The third-order valence-electron chi connectivity index (χ3n) is 3.99. The fourth-order valence-electron chi connectivity index (χ4n) is 2.59. The van der Waals surface area contributed by atoms with Gasteiger partial charge in [0.25, 0.3) is 5.56 Å². The Balaban J connectivity index is 1.79. The van der Waals surface area contributed by atoms with Crippen LogP contribution in [-0.4, -0.2) is 19.8 Å². The van der Waals surface area contributed by atoms with Crippen molar-refractivity contribution in [3.63, 3.8) is 0 Å². The number of rotatable bonds is 2. The van der Waals surface area contributed by atoms with Crippen molar-refractivity contribution in [3.8, 4) is 22.1 Å². The first kappa shape index (κ1) is 19.4. The maximum Gasteiger partial charge on any atom is 0.297 e. The summed E-state index contributed by atoms with van der Waals surface area (Å²) in [4.78, 5) is 13.1. The van der Waals surface area contributed by atoms with Gasteiger partial charge in [-0.2, -0.15) is 4.52 Å². The van der Waals surface area contributed by atoms with E-state index in [4.69, 9.17) is 39.2 Å². The summed E-state index contributed by atoms with van der Waals surface area (Å²) in [6.07, 6.45) is 0. The van der Waals surface area contributed by atoms with Gasteiger partial charge in [0.15, 0.2) is 10.8 Å². The molecule has 0 aliphatic rings. The molecule has 3 aromatic heterocycles. The second kappa shape index (κ2) is 6.84. The molecule has 0 spiro atoms. The number of nitrogens with zero attached hydrogens (tertiary/aromatic N) is 4. The fourth-order valence-corrected chi connectivity index (χ4v) is 4.03. The van der Waals surface area contributed by atoms with Crippen LogP contribution < -0.4 is 5.56 Å². The van der Waals surface area contributed by atoms with E-state index in [1.807, 2.05) is 20.8 Å². The van der Waals surface area contributed by atoms with Crippen LogP contribution in [0.15, 0.2) is 33.5 Å². The molecule has 0 saturated carbocycles. The van der Waals surface area contributed by atoms with Crippen molar-refractivity contribution >= 4 is 51.1 Å². The van der Waals surface area contributed by atoms with Gasteiger partial charge in [-0.05, 0) is 24.3 Å². The Morgan fingerprint density at radius 2 is 1.68 bits per heavy atom. The van der Waals surface area contributed by atoms with Crippen LogP contribution in [0.4, 0.5) is 0 Å². The Morgan fingerprint density at radius 3 is 2.39 bits per heavy atom. The molecular weight excluding hydrogens is 443 g/mol. The van der Waals surface area contributed by atoms with Crippen LogP contribution in [0, 0.1) is 0 Å². The lowest BCUT2D eigenvalue weighted by atomic mass is 9.93. The number of aromatic nitrogens is 4. The Kier molecular flexibility index (Phi) is 4.74. The zero-order chi connectivity index (χ0) is 20.2. The highest BCUT2D eigenvalue weighted by atomic mass is 35.5. The molecule has 6 nitrogen and oxygen atoms in total. The molecule has 0 fully saturated rings. The van der Waals surface area contributed by atoms with Crippen LogP contribution in [0.2, 0.25) is 15.1 Å². The SMILES string of the molecule is CC(C)(C)c1nnc2sc(-c3ccc(-c4cc(Cl)c(Cl)cc4Cl)o3)nn2c1=O. The Bertz CT molecular complexity index is 1270. The summed E-state index contributed by atoms with van der Waals surface area (Å²) in [5.41, 5.74) is 0.233. The second-order valence-corrected chi connectivity index (χ2v) is 9.29. The maximum atomic E-state index is 12.7. The lowest BCUT2D eigenvalue weighted by molar-refractivity contribution is 0.542. The van der Waals surface area contributed by atoms with Crippen LogP contribution in [0.1, 0.15) is 26.5 Å². The first-order valence-electron chi connectivity index (χ1n) is 8.17. The number of hydrogen-bond donors (Lipinski definition) is 0. The molecule has 0 N–H and O–H groups in total. The summed E-state index contributed by atoms with van der Waals surface area (Å²) < 4.78 is 7.15. The standard InChI is InChI=1S/C18H13Cl3N4O2S/c1-18(2,3)14-16(26)25-17(23-22-14)28-15(24-25)13-5-4-12(27-13)8-6-10(20)11(21)7-9(8)19/h4-7H,1-3H3. The van der Waals surface area contributed by atoms with E-state index in [1.54, 1.807) is 24.3 Å². The van der Waals surface area contributed by atoms with E-state index in [1.165, 1.54) is 15.9 Å². The van der Waals surface area contributed by atoms with Gasteiger partial charge in [-0.1, -0.05) is 66.9 Å². The molecule has 10 heteroatoms. The van der Waals surface area contributed by atoms with E-state index in [2.05, 4.69) is 15.3 Å². The quantitative estimate of drug-likeness (QED) is 0.361. The fraction of sp³-hybridized carbons (Fsp3) is 0.222. The largest absolute Gasteiger partial charge is 0.453 e. The third-order valence-corrected chi connectivity index (χ3v) is 5.94. The minimum atomic E-state index is -0.433. The molecule has 144 valence electrons. The van der Waals surface area contributed by atoms with Crippen LogP contribution >= 0.6 is 46.1 Å². The smallest absolute Gasteiger partial charge is 0.297 e. The summed E-state index contributed by atoms with van der Waals surface area (Å²) in [6.45, 7) is 5.70. The zero-order valence-corrected chi connectivity index (χ0v) is 18.0. The van der Waals surface area contributed by atoms with Gasteiger partial charge in [0.2, 0.25) is 4.96 Å². The molecule has 0 bridgehead atoms. The first-order chi connectivity index (χ1) is 13.1. The summed E-state index contributed by atoms with van der Waals surface area (Å²) in [6, 6.07) is 6.69. The topological polar surface area (TPSA) is 73.3 Å². The normalized spacial score (nSPS) is 12.1. The lowest BCUT2D eigenvalue weighted by Crippen LogP contribution is -2.30. The van der Waals surface area contributed by atoms with E-state index in [-0.39, 0.29) is 5.56 Å². The van der Waals surface area contributed by atoms with Gasteiger partial charge in [0.05, 0.1) is 15.1 Å². The van der Waals surface area contributed by atoms with E-state index >= 15 is 0 Å². The summed E-state index contributed by atoms with van der Waals surface area (Å²) in [5, 5.41) is 14.2. The number of furan rings is 1. The second-order valence-electron chi connectivity index (χ2n) is 7.12. The van der Waals surface area contributed by atoms with Crippen molar-refractivity contribution in [3.05, 3.63) is 55.4 Å². The van der Waals surface area contributed by atoms with Crippen molar-refractivity contribution in [1.29, 1.82) is 0 Å². The van der Waals surface area contributed by atoms with Crippen LogP contribution in [0.25, 0.3) is 27.1 Å². The molecule has 0 radical (unpaired) electrons. The Labute approximate surface area is 178 Å². The maximum absolute atomic E-state index is 12.7. The van der Waals surface area contributed by atoms with Gasteiger partial charge in [-0.3, -0.25) is 4.79 Å². The molecular formula is C18H13Cl3N4O2S. The van der Waals surface area contributed by atoms with E-state index in [0.717, 1.165) is 0 Å². The third kappa shape index (κ3) is 3.33. The Morgan fingerprint density at radius 1 is 1.00 bits per heavy atom. The van der Waals surface area contributed by atoms with Crippen molar-refractivity contribution in [2.24, 2.45) is 0 Å². The molecule has 0 amide bonds. The average molecular weight is 456 g/mol. The molecule has 0 atom stereocenters. The van der Waals surface area contributed by atoms with E-state index in [0.29, 0.717) is 47.8 Å². The molecule has 3 heterocycles. The van der Waals surface area contributed by atoms with Crippen LogP contribution in [0.5, 0.6) is 0 Å². The van der Waals surface area contributed by atoms with Gasteiger partial charge < -0.3 is 4.42 Å². The average Bonchev–Trinajstić information content (AvgIpc) is 3.24. The summed E-state index contributed by atoms with van der Waals surface area (Å²) in [5.74, 6) is 0.982. The van der Waals surface area contributed by atoms with Gasteiger partial charge in [-0.25, -0.2) is 0 Å². The first-order valence-corrected chi connectivity index (χ1v) is 10.1. The number of halogens is 3. The number of benzene rings is 1. The van der Waals surface area contributed by atoms with Gasteiger partial charge in [0.1, 0.15) is 11.5 Å². The molecule has 0 aliphatic heterocycles.